The summed E-state index contributed by atoms with van der Waals surface area (Å²) in [6.07, 6.45) is 0. The quantitative estimate of drug-likeness (QED) is 0.728. The molecular formula is C19H14F2N2O3. The zero-order valence-electron chi connectivity index (χ0n) is 13.8. The second-order valence-corrected chi connectivity index (χ2v) is 6.31. The van der Waals surface area contributed by atoms with Crippen LogP contribution in [0.2, 0.25) is 0 Å². The number of rotatable bonds is 3. The van der Waals surface area contributed by atoms with Gasteiger partial charge >= 0.3 is 6.03 Å². The molecule has 1 atom stereocenters. The number of fused-ring (bicyclic) bond motifs is 1. The van der Waals surface area contributed by atoms with E-state index in [1.54, 1.807) is 18.2 Å². The summed E-state index contributed by atoms with van der Waals surface area (Å²) >= 11 is 0. The van der Waals surface area contributed by atoms with E-state index in [0.29, 0.717) is 5.58 Å². The maximum atomic E-state index is 13.9. The van der Waals surface area contributed by atoms with Gasteiger partial charge in [0.2, 0.25) is 0 Å². The second kappa shape index (κ2) is 5.66. The number of nitrogens with zero attached hydrogens (tertiary/aromatic N) is 1. The normalized spacial score (nSPS) is 20.0. The average Bonchev–Trinajstić information content (AvgIpc) is 3.15. The van der Waals surface area contributed by atoms with E-state index in [1.165, 1.54) is 19.1 Å². The monoisotopic (exact) mass is 356 g/mol. The molecule has 2 heterocycles. The van der Waals surface area contributed by atoms with E-state index in [1.807, 2.05) is 12.1 Å². The number of para-hydroxylation sites is 1. The molecule has 0 saturated carbocycles. The van der Waals surface area contributed by atoms with Gasteiger partial charge in [-0.3, -0.25) is 9.69 Å². The van der Waals surface area contributed by atoms with Crippen molar-refractivity contribution in [3.05, 3.63) is 71.5 Å². The molecule has 132 valence electrons. The first-order chi connectivity index (χ1) is 12.4. The summed E-state index contributed by atoms with van der Waals surface area (Å²) in [6, 6.07) is 11.8. The topological polar surface area (TPSA) is 62.6 Å². The lowest BCUT2D eigenvalue weighted by molar-refractivity contribution is -0.132. The van der Waals surface area contributed by atoms with Crippen LogP contribution in [0.5, 0.6) is 0 Å². The molecule has 0 bridgehead atoms. The molecule has 1 unspecified atom stereocenters. The van der Waals surface area contributed by atoms with E-state index in [0.717, 1.165) is 16.4 Å². The van der Waals surface area contributed by atoms with Crippen molar-refractivity contribution < 1.29 is 22.8 Å². The fourth-order valence-corrected chi connectivity index (χ4v) is 3.08. The van der Waals surface area contributed by atoms with E-state index in [9.17, 15) is 18.4 Å². The summed E-state index contributed by atoms with van der Waals surface area (Å²) < 4.78 is 33.0. The molecule has 2 aromatic carbocycles. The molecular weight excluding hydrogens is 342 g/mol. The van der Waals surface area contributed by atoms with Crippen molar-refractivity contribution in [1.82, 2.24) is 10.2 Å². The Hall–Kier alpha value is -3.22. The lowest BCUT2D eigenvalue weighted by atomic mass is 9.98. The zero-order chi connectivity index (χ0) is 18.5. The van der Waals surface area contributed by atoms with Gasteiger partial charge < -0.3 is 9.73 Å². The first kappa shape index (κ1) is 16.3. The van der Waals surface area contributed by atoms with Crippen LogP contribution in [0.4, 0.5) is 13.6 Å². The fraction of sp³-hybridized carbons (Fsp3) is 0.158. The molecule has 3 amide bonds. The number of benzene rings is 2. The number of furan rings is 1. The van der Waals surface area contributed by atoms with Gasteiger partial charge in [0.05, 0.1) is 6.54 Å². The molecule has 0 aliphatic carbocycles. The number of hydrogen-bond donors (Lipinski definition) is 1. The second-order valence-electron chi connectivity index (χ2n) is 6.31. The van der Waals surface area contributed by atoms with Crippen molar-refractivity contribution in [1.29, 1.82) is 0 Å². The van der Waals surface area contributed by atoms with E-state index < -0.39 is 29.1 Å². The molecule has 1 N–H and O–H groups in total. The van der Waals surface area contributed by atoms with E-state index in [-0.39, 0.29) is 17.9 Å². The van der Waals surface area contributed by atoms with Gasteiger partial charge in [-0.25, -0.2) is 13.6 Å². The summed E-state index contributed by atoms with van der Waals surface area (Å²) in [5, 5.41) is 3.38. The van der Waals surface area contributed by atoms with Crippen molar-refractivity contribution in [2.45, 2.75) is 19.0 Å². The third-order valence-electron chi connectivity index (χ3n) is 4.55. The summed E-state index contributed by atoms with van der Waals surface area (Å²) in [5.41, 5.74) is -0.914. The maximum Gasteiger partial charge on any atom is 0.325 e. The Kier molecular flexibility index (Phi) is 3.54. The minimum absolute atomic E-state index is 0.0812. The van der Waals surface area contributed by atoms with Crippen molar-refractivity contribution >= 4 is 22.9 Å². The van der Waals surface area contributed by atoms with Crippen molar-refractivity contribution in [3.63, 3.8) is 0 Å². The lowest BCUT2D eigenvalue weighted by Gasteiger charge is -2.19. The molecule has 3 aromatic rings. The van der Waals surface area contributed by atoms with Gasteiger partial charge in [0.25, 0.3) is 5.91 Å². The van der Waals surface area contributed by atoms with Gasteiger partial charge in [-0.1, -0.05) is 30.3 Å². The standard InChI is InChI=1S/C19H14F2N2O3/c1-19(15-9-11-5-2-3-8-14(11)26-15)17(24)23(18(25)22-19)10-12-6-4-7-13(20)16(12)21/h2-9H,10H2,1H3,(H,22,25). The van der Waals surface area contributed by atoms with Gasteiger partial charge in [-0.2, -0.15) is 0 Å². The smallest absolute Gasteiger partial charge is 0.325 e. The predicted molar refractivity (Wildman–Crippen MR) is 89.0 cm³/mol. The van der Waals surface area contributed by atoms with Crippen LogP contribution in [0.3, 0.4) is 0 Å². The Morgan fingerprint density at radius 1 is 1.12 bits per heavy atom. The Labute approximate surface area is 147 Å². The van der Waals surface area contributed by atoms with Crippen LogP contribution in [0, 0.1) is 11.6 Å². The van der Waals surface area contributed by atoms with Crippen LogP contribution < -0.4 is 5.32 Å². The summed E-state index contributed by atoms with van der Waals surface area (Å²) in [7, 11) is 0. The van der Waals surface area contributed by atoms with E-state index >= 15 is 0 Å². The molecule has 0 radical (unpaired) electrons. The van der Waals surface area contributed by atoms with Crippen LogP contribution in [-0.4, -0.2) is 16.8 Å². The first-order valence-electron chi connectivity index (χ1n) is 7.96. The molecule has 4 rings (SSSR count). The Balaban J connectivity index is 1.69. The molecule has 1 fully saturated rings. The van der Waals surface area contributed by atoms with Crippen LogP contribution in [0.1, 0.15) is 18.2 Å². The van der Waals surface area contributed by atoms with Gasteiger partial charge in [0.1, 0.15) is 11.3 Å². The number of urea groups is 1. The molecule has 1 saturated heterocycles. The van der Waals surface area contributed by atoms with Gasteiger partial charge in [0.15, 0.2) is 17.2 Å². The largest absolute Gasteiger partial charge is 0.458 e. The van der Waals surface area contributed by atoms with Crippen LogP contribution in [0.15, 0.2) is 52.9 Å². The third kappa shape index (κ3) is 2.35. The number of amides is 3. The fourth-order valence-electron chi connectivity index (χ4n) is 3.08. The molecule has 1 aliphatic rings. The van der Waals surface area contributed by atoms with Gasteiger partial charge in [-0.05, 0) is 25.1 Å². The molecule has 1 aliphatic heterocycles. The van der Waals surface area contributed by atoms with Crippen molar-refractivity contribution in [2.75, 3.05) is 0 Å². The highest BCUT2D eigenvalue weighted by molar-refractivity contribution is 6.07. The Morgan fingerprint density at radius 3 is 2.65 bits per heavy atom. The minimum Gasteiger partial charge on any atom is -0.458 e. The number of carbonyl (C=O) groups excluding carboxylic acids is 2. The number of halogens is 2. The predicted octanol–water partition coefficient (Wildman–Crippen LogP) is 3.68. The van der Waals surface area contributed by atoms with Crippen molar-refractivity contribution in [3.8, 4) is 0 Å². The number of nitrogens with one attached hydrogen (secondary N) is 1. The van der Waals surface area contributed by atoms with Crippen LogP contribution in [-0.2, 0) is 16.9 Å². The van der Waals surface area contributed by atoms with E-state index in [2.05, 4.69) is 5.32 Å². The van der Waals surface area contributed by atoms with Gasteiger partial charge in [0, 0.05) is 10.9 Å². The van der Waals surface area contributed by atoms with E-state index in [4.69, 9.17) is 4.42 Å². The summed E-state index contributed by atoms with van der Waals surface area (Å²) in [5.74, 6) is -2.43. The third-order valence-corrected chi connectivity index (χ3v) is 4.55. The highest BCUT2D eigenvalue weighted by Crippen LogP contribution is 2.33. The lowest BCUT2D eigenvalue weighted by Crippen LogP contribution is -2.40. The Morgan fingerprint density at radius 2 is 1.88 bits per heavy atom. The van der Waals surface area contributed by atoms with Crippen molar-refractivity contribution in [2.24, 2.45) is 0 Å². The minimum atomic E-state index is -1.42. The van der Waals surface area contributed by atoms with Gasteiger partial charge in [-0.15, -0.1) is 0 Å². The first-order valence-corrected chi connectivity index (χ1v) is 7.96. The number of hydrogen-bond acceptors (Lipinski definition) is 3. The molecule has 0 spiro atoms. The molecule has 26 heavy (non-hydrogen) atoms. The van der Waals surface area contributed by atoms with Crippen LogP contribution in [0.25, 0.3) is 11.0 Å². The SMILES string of the molecule is CC1(c2cc3ccccc3o2)NC(=O)N(Cc2cccc(F)c2F)C1=O. The highest BCUT2D eigenvalue weighted by atomic mass is 19.2. The molecule has 1 aromatic heterocycles. The molecule has 5 nitrogen and oxygen atoms in total. The highest BCUT2D eigenvalue weighted by Gasteiger charge is 2.51. The Bertz CT molecular complexity index is 1010. The summed E-state index contributed by atoms with van der Waals surface area (Å²) in [6.45, 7) is 1.15. The molecule has 7 heteroatoms. The zero-order valence-corrected chi connectivity index (χ0v) is 13.8. The van der Waals surface area contributed by atoms with Crippen LogP contribution >= 0.6 is 0 Å². The maximum absolute atomic E-state index is 13.9. The number of imide groups is 1. The summed E-state index contributed by atoms with van der Waals surface area (Å²) in [4.78, 5) is 26.1. The average molecular weight is 356 g/mol. The number of carbonyl (C=O) groups is 2.